The van der Waals surface area contributed by atoms with E-state index in [4.69, 9.17) is 0 Å². The average molecular weight is 452 g/mol. The third kappa shape index (κ3) is 4.13. The second-order valence-electron chi connectivity index (χ2n) is 6.45. The van der Waals surface area contributed by atoms with E-state index < -0.39 is 6.04 Å². The van der Waals surface area contributed by atoms with E-state index in [1.54, 1.807) is 12.3 Å². The predicted molar refractivity (Wildman–Crippen MR) is 113 cm³/mol. The molecule has 0 aliphatic heterocycles. The molecule has 8 heteroatoms. The summed E-state index contributed by atoms with van der Waals surface area (Å²) in [5, 5.41) is 23.7. The van der Waals surface area contributed by atoms with Gasteiger partial charge in [0.2, 0.25) is 0 Å². The predicted octanol–water partition coefficient (Wildman–Crippen LogP) is 3.69. The van der Waals surface area contributed by atoms with Gasteiger partial charge in [-0.25, -0.2) is 0 Å². The van der Waals surface area contributed by atoms with E-state index in [-0.39, 0.29) is 12.5 Å². The molecule has 1 unspecified atom stereocenters. The Labute approximate surface area is 175 Å². The number of nitrogens with zero attached hydrogens (tertiary/aromatic N) is 2. The highest BCUT2D eigenvalue weighted by Gasteiger charge is 2.19. The summed E-state index contributed by atoms with van der Waals surface area (Å²) in [6.07, 6.45) is 1.71. The van der Waals surface area contributed by atoms with Crippen molar-refractivity contribution in [1.29, 1.82) is 0 Å². The SMILES string of the molecule is O=C(NC(CO)c1ccccc1)c1cc(-c2n[nH]nc2-c2cccc(Br)c2)c[nH]1. The van der Waals surface area contributed by atoms with E-state index >= 15 is 0 Å². The number of aliphatic hydroxyl groups is 1. The van der Waals surface area contributed by atoms with Crippen molar-refractivity contribution < 1.29 is 9.90 Å². The Balaban J connectivity index is 1.56. The van der Waals surface area contributed by atoms with Gasteiger partial charge in [0.1, 0.15) is 17.1 Å². The minimum Gasteiger partial charge on any atom is -0.394 e. The van der Waals surface area contributed by atoms with Gasteiger partial charge in [0, 0.05) is 21.8 Å². The maximum atomic E-state index is 12.7. The third-order valence-electron chi connectivity index (χ3n) is 4.54. The van der Waals surface area contributed by atoms with Gasteiger partial charge in [-0.1, -0.05) is 58.4 Å². The Morgan fingerprint density at radius 2 is 1.79 bits per heavy atom. The summed E-state index contributed by atoms with van der Waals surface area (Å²) in [5.41, 5.74) is 4.18. The van der Waals surface area contributed by atoms with E-state index in [1.807, 2.05) is 54.6 Å². The molecule has 0 radical (unpaired) electrons. The number of hydrogen-bond acceptors (Lipinski definition) is 4. The molecule has 4 rings (SSSR count). The fourth-order valence-corrected chi connectivity index (χ4v) is 3.49. The molecule has 0 saturated heterocycles. The first-order valence-electron chi connectivity index (χ1n) is 8.98. The minimum atomic E-state index is -0.486. The molecule has 0 aliphatic rings. The number of benzene rings is 2. The molecule has 7 nitrogen and oxygen atoms in total. The molecule has 0 aliphatic carbocycles. The minimum absolute atomic E-state index is 0.195. The van der Waals surface area contributed by atoms with Crippen LogP contribution >= 0.6 is 15.9 Å². The zero-order valence-corrected chi connectivity index (χ0v) is 16.8. The first kappa shape index (κ1) is 19.1. The van der Waals surface area contributed by atoms with Crippen LogP contribution in [0.15, 0.2) is 71.3 Å². The molecular weight excluding hydrogens is 434 g/mol. The van der Waals surface area contributed by atoms with Gasteiger partial charge in [0.05, 0.1) is 12.6 Å². The summed E-state index contributed by atoms with van der Waals surface area (Å²) >= 11 is 3.46. The molecular formula is C21H18BrN5O2. The first-order valence-corrected chi connectivity index (χ1v) is 9.77. The highest BCUT2D eigenvalue weighted by molar-refractivity contribution is 9.10. The molecule has 146 valence electrons. The van der Waals surface area contributed by atoms with Crippen LogP contribution in [0.2, 0.25) is 0 Å². The number of H-pyrrole nitrogens is 2. The van der Waals surface area contributed by atoms with Gasteiger partial charge >= 0.3 is 0 Å². The fourth-order valence-electron chi connectivity index (χ4n) is 3.09. The van der Waals surface area contributed by atoms with Crippen LogP contribution in [0, 0.1) is 0 Å². The molecule has 2 aromatic carbocycles. The topological polar surface area (TPSA) is 107 Å². The molecule has 2 heterocycles. The monoisotopic (exact) mass is 451 g/mol. The molecule has 0 spiro atoms. The number of amides is 1. The van der Waals surface area contributed by atoms with Gasteiger partial charge in [0.15, 0.2) is 0 Å². The lowest BCUT2D eigenvalue weighted by atomic mass is 10.1. The van der Waals surface area contributed by atoms with E-state index in [0.717, 1.165) is 21.2 Å². The van der Waals surface area contributed by atoms with Gasteiger partial charge in [-0.2, -0.15) is 15.4 Å². The lowest BCUT2D eigenvalue weighted by Crippen LogP contribution is -2.30. The lowest BCUT2D eigenvalue weighted by Gasteiger charge is -2.16. The first-order chi connectivity index (χ1) is 14.2. The number of carbonyl (C=O) groups excluding carboxylic acids is 1. The van der Waals surface area contributed by atoms with Crippen LogP contribution in [0.3, 0.4) is 0 Å². The number of halogens is 1. The van der Waals surface area contributed by atoms with E-state index in [0.29, 0.717) is 17.1 Å². The van der Waals surface area contributed by atoms with Gasteiger partial charge < -0.3 is 15.4 Å². The summed E-state index contributed by atoms with van der Waals surface area (Å²) in [4.78, 5) is 15.6. The average Bonchev–Trinajstić information content (AvgIpc) is 3.42. The second-order valence-corrected chi connectivity index (χ2v) is 7.37. The van der Waals surface area contributed by atoms with Gasteiger partial charge in [0.25, 0.3) is 5.91 Å². The van der Waals surface area contributed by atoms with Crippen LogP contribution in [0.25, 0.3) is 22.5 Å². The molecule has 4 N–H and O–H groups in total. The lowest BCUT2D eigenvalue weighted by molar-refractivity contribution is 0.0912. The van der Waals surface area contributed by atoms with Crippen molar-refractivity contribution >= 4 is 21.8 Å². The number of carbonyl (C=O) groups is 1. The number of aliphatic hydroxyl groups excluding tert-OH is 1. The summed E-state index contributed by atoms with van der Waals surface area (Å²) in [6.45, 7) is -0.195. The van der Waals surface area contributed by atoms with Crippen LogP contribution in [0.1, 0.15) is 22.1 Å². The van der Waals surface area contributed by atoms with Gasteiger partial charge in [-0.15, -0.1) is 0 Å². The van der Waals surface area contributed by atoms with E-state index in [9.17, 15) is 9.90 Å². The maximum absolute atomic E-state index is 12.7. The Kier molecular flexibility index (Phi) is 5.55. The smallest absolute Gasteiger partial charge is 0.268 e. The van der Waals surface area contributed by atoms with E-state index in [2.05, 4.69) is 41.6 Å². The Morgan fingerprint density at radius 1 is 1.03 bits per heavy atom. The van der Waals surface area contributed by atoms with Crippen molar-refractivity contribution in [3.63, 3.8) is 0 Å². The van der Waals surface area contributed by atoms with E-state index in [1.165, 1.54) is 0 Å². The third-order valence-corrected chi connectivity index (χ3v) is 5.03. The molecule has 0 bridgehead atoms. The van der Waals surface area contributed by atoms with Gasteiger partial charge in [-0.3, -0.25) is 4.79 Å². The quantitative estimate of drug-likeness (QED) is 0.358. The molecule has 0 saturated carbocycles. The molecule has 1 amide bonds. The zero-order chi connectivity index (χ0) is 20.2. The summed E-state index contributed by atoms with van der Waals surface area (Å²) in [5.74, 6) is -0.313. The number of rotatable bonds is 6. The van der Waals surface area contributed by atoms with Crippen LogP contribution in [0.4, 0.5) is 0 Å². The number of aromatic nitrogens is 4. The summed E-state index contributed by atoms with van der Waals surface area (Å²) in [6, 6.07) is 18.3. The summed E-state index contributed by atoms with van der Waals surface area (Å²) in [7, 11) is 0. The highest BCUT2D eigenvalue weighted by Crippen LogP contribution is 2.30. The van der Waals surface area contributed by atoms with Crippen molar-refractivity contribution in [2.75, 3.05) is 6.61 Å². The number of nitrogens with one attached hydrogen (secondary N) is 3. The zero-order valence-electron chi connectivity index (χ0n) is 15.3. The van der Waals surface area contributed by atoms with Gasteiger partial charge in [-0.05, 0) is 23.8 Å². The normalized spacial score (nSPS) is 11.9. The van der Waals surface area contributed by atoms with Crippen LogP contribution in [-0.2, 0) is 0 Å². The maximum Gasteiger partial charge on any atom is 0.268 e. The van der Waals surface area contributed by atoms with Crippen molar-refractivity contribution in [2.45, 2.75) is 6.04 Å². The highest BCUT2D eigenvalue weighted by atomic mass is 79.9. The second kappa shape index (κ2) is 8.42. The number of aromatic amines is 2. The summed E-state index contributed by atoms with van der Waals surface area (Å²) < 4.78 is 0.939. The van der Waals surface area contributed by atoms with Crippen molar-refractivity contribution in [3.8, 4) is 22.5 Å². The van der Waals surface area contributed by atoms with Crippen LogP contribution in [-0.4, -0.2) is 38.0 Å². The van der Waals surface area contributed by atoms with Crippen molar-refractivity contribution in [1.82, 2.24) is 25.7 Å². The molecule has 29 heavy (non-hydrogen) atoms. The standard InChI is InChI=1S/C21H18BrN5O2/c22-16-8-4-7-14(9-16)19-20(26-27-25-19)15-10-17(23-11-15)21(29)24-18(12-28)13-5-2-1-3-6-13/h1-11,18,23,28H,12H2,(H,24,29)(H,25,26,27). The molecule has 4 aromatic rings. The fraction of sp³-hybridized carbons (Fsp3) is 0.0952. The number of hydrogen-bond donors (Lipinski definition) is 4. The van der Waals surface area contributed by atoms with Crippen molar-refractivity contribution in [3.05, 3.63) is 82.6 Å². The Morgan fingerprint density at radius 3 is 2.52 bits per heavy atom. The molecule has 2 aromatic heterocycles. The molecule has 1 atom stereocenters. The molecule has 0 fully saturated rings. The van der Waals surface area contributed by atoms with Crippen LogP contribution in [0.5, 0.6) is 0 Å². The Bertz CT molecular complexity index is 1120. The largest absolute Gasteiger partial charge is 0.394 e. The van der Waals surface area contributed by atoms with Crippen molar-refractivity contribution in [2.24, 2.45) is 0 Å². The van der Waals surface area contributed by atoms with Crippen LogP contribution < -0.4 is 5.32 Å². The Hall–Kier alpha value is -3.23.